The Hall–Kier alpha value is -3.52. The van der Waals surface area contributed by atoms with Crippen molar-refractivity contribution in [2.75, 3.05) is 36.9 Å². The van der Waals surface area contributed by atoms with Crippen molar-refractivity contribution in [2.24, 2.45) is 0 Å². The van der Waals surface area contributed by atoms with E-state index in [-0.39, 0.29) is 12.1 Å². The van der Waals surface area contributed by atoms with Crippen molar-refractivity contribution >= 4 is 17.5 Å². The fourth-order valence-corrected chi connectivity index (χ4v) is 4.45. The minimum absolute atomic E-state index is 0.255. The molecule has 8 nitrogen and oxygen atoms in total. The number of nitrogens with one attached hydrogen (secondary N) is 2. The molecular formula is C25H29N5O3. The number of nitrogens with zero attached hydrogens (tertiary/aromatic N) is 3. The van der Waals surface area contributed by atoms with Crippen LogP contribution in [0, 0.1) is 6.92 Å². The first-order valence-electron chi connectivity index (χ1n) is 11.4. The van der Waals surface area contributed by atoms with Gasteiger partial charge in [0.05, 0.1) is 12.2 Å². The number of carbonyl (C=O) groups excluding carboxylic acids is 1. The van der Waals surface area contributed by atoms with Gasteiger partial charge in [-0.15, -0.1) is 0 Å². The maximum atomic E-state index is 12.5. The molecule has 5 rings (SSSR count). The number of rotatable bonds is 5. The summed E-state index contributed by atoms with van der Waals surface area (Å²) in [5.41, 5.74) is 3.05. The van der Waals surface area contributed by atoms with Gasteiger partial charge in [-0.1, -0.05) is 24.3 Å². The molecule has 1 saturated heterocycles. The Balaban J connectivity index is 1.16. The van der Waals surface area contributed by atoms with E-state index in [1.54, 1.807) is 6.20 Å². The first-order chi connectivity index (χ1) is 16.2. The Labute approximate surface area is 193 Å². The van der Waals surface area contributed by atoms with E-state index in [2.05, 4.69) is 32.8 Å². The number of aromatic nitrogens is 2. The van der Waals surface area contributed by atoms with Gasteiger partial charge in [0, 0.05) is 31.4 Å². The molecule has 3 heterocycles. The van der Waals surface area contributed by atoms with Gasteiger partial charge >= 0.3 is 6.03 Å². The second kappa shape index (κ2) is 9.54. The molecule has 0 spiro atoms. The number of piperidine rings is 1. The summed E-state index contributed by atoms with van der Waals surface area (Å²) in [5.74, 6) is 2.38. The summed E-state index contributed by atoms with van der Waals surface area (Å²) in [6.07, 6.45) is 3.69. The van der Waals surface area contributed by atoms with E-state index in [1.165, 1.54) is 5.56 Å². The molecule has 0 unspecified atom stereocenters. The van der Waals surface area contributed by atoms with Gasteiger partial charge in [-0.25, -0.2) is 9.48 Å². The highest BCUT2D eigenvalue weighted by Gasteiger charge is 2.24. The molecule has 33 heavy (non-hydrogen) atoms. The Bertz CT molecular complexity index is 1120. The number of fused-ring (bicyclic) bond motifs is 1. The van der Waals surface area contributed by atoms with Gasteiger partial charge in [0.2, 0.25) is 0 Å². The molecule has 2 aromatic carbocycles. The molecule has 3 aromatic rings. The number of para-hydroxylation sites is 1. The van der Waals surface area contributed by atoms with Crippen LogP contribution in [0.15, 0.2) is 54.7 Å². The third-order valence-corrected chi connectivity index (χ3v) is 6.22. The quantitative estimate of drug-likeness (QED) is 0.604. The van der Waals surface area contributed by atoms with Crippen LogP contribution in [0.3, 0.4) is 0 Å². The van der Waals surface area contributed by atoms with Crippen molar-refractivity contribution in [2.45, 2.75) is 32.4 Å². The molecule has 8 heteroatoms. The van der Waals surface area contributed by atoms with Gasteiger partial charge in [-0.05, 0) is 49.1 Å². The second-order valence-electron chi connectivity index (χ2n) is 8.54. The number of hydrogen-bond acceptors (Lipinski definition) is 5. The third kappa shape index (κ3) is 4.96. The second-order valence-corrected chi connectivity index (χ2v) is 8.54. The number of carbonyl (C=O) groups is 1. The molecule has 2 amide bonds. The zero-order chi connectivity index (χ0) is 22.6. The smallest absolute Gasteiger partial charge is 0.324 e. The molecule has 1 fully saturated rings. The van der Waals surface area contributed by atoms with Crippen LogP contribution in [0.5, 0.6) is 11.5 Å². The van der Waals surface area contributed by atoms with E-state index in [0.717, 1.165) is 55.2 Å². The number of amides is 2. The zero-order valence-corrected chi connectivity index (χ0v) is 18.8. The fraction of sp³-hybridized carbons (Fsp3) is 0.360. The van der Waals surface area contributed by atoms with Gasteiger partial charge in [0.1, 0.15) is 19.0 Å². The Morgan fingerprint density at radius 2 is 1.82 bits per heavy atom. The van der Waals surface area contributed by atoms with Gasteiger partial charge in [0.25, 0.3) is 0 Å². The molecule has 0 bridgehead atoms. The Morgan fingerprint density at radius 3 is 2.64 bits per heavy atom. The van der Waals surface area contributed by atoms with Gasteiger partial charge in [0.15, 0.2) is 11.5 Å². The van der Waals surface area contributed by atoms with Crippen LogP contribution in [-0.2, 0) is 6.54 Å². The zero-order valence-electron chi connectivity index (χ0n) is 18.8. The average Bonchev–Trinajstić information content (AvgIpc) is 3.29. The molecular weight excluding hydrogens is 418 g/mol. The van der Waals surface area contributed by atoms with E-state index < -0.39 is 0 Å². The predicted molar refractivity (Wildman–Crippen MR) is 127 cm³/mol. The van der Waals surface area contributed by atoms with Crippen molar-refractivity contribution in [1.29, 1.82) is 0 Å². The summed E-state index contributed by atoms with van der Waals surface area (Å²) >= 11 is 0. The minimum Gasteiger partial charge on any atom is -0.486 e. The molecule has 2 N–H and O–H groups in total. The molecule has 0 saturated carbocycles. The van der Waals surface area contributed by atoms with Crippen LogP contribution in [0.2, 0.25) is 0 Å². The highest BCUT2D eigenvalue weighted by Crippen LogP contribution is 2.32. The number of ether oxygens (including phenoxy) is 2. The van der Waals surface area contributed by atoms with E-state index in [9.17, 15) is 4.79 Å². The molecule has 0 radical (unpaired) electrons. The van der Waals surface area contributed by atoms with Crippen LogP contribution in [0.1, 0.15) is 30.0 Å². The van der Waals surface area contributed by atoms with Crippen LogP contribution >= 0.6 is 0 Å². The van der Waals surface area contributed by atoms with E-state index in [0.29, 0.717) is 19.0 Å². The first-order valence-corrected chi connectivity index (χ1v) is 11.4. The predicted octanol–water partition coefficient (Wildman–Crippen LogP) is 4.44. The number of aryl methyl sites for hydroxylation is 1. The van der Waals surface area contributed by atoms with Gasteiger partial charge in [-0.3, -0.25) is 10.2 Å². The third-order valence-electron chi connectivity index (χ3n) is 6.22. The van der Waals surface area contributed by atoms with Crippen molar-refractivity contribution in [3.63, 3.8) is 0 Å². The monoisotopic (exact) mass is 447 g/mol. The van der Waals surface area contributed by atoms with Crippen molar-refractivity contribution in [3.05, 3.63) is 65.9 Å². The maximum Gasteiger partial charge on any atom is 0.324 e. The van der Waals surface area contributed by atoms with E-state index in [4.69, 9.17) is 9.47 Å². The fourth-order valence-electron chi connectivity index (χ4n) is 4.45. The lowest BCUT2D eigenvalue weighted by Crippen LogP contribution is -2.35. The number of anilines is 2. The molecule has 0 atom stereocenters. The summed E-state index contributed by atoms with van der Waals surface area (Å²) in [6, 6.07) is 15.8. The Kier molecular flexibility index (Phi) is 6.17. The van der Waals surface area contributed by atoms with Crippen molar-refractivity contribution in [3.8, 4) is 11.5 Å². The number of benzene rings is 2. The largest absolute Gasteiger partial charge is 0.486 e. The van der Waals surface area contributed by atoms with Gasteiger partial charge in [-0.2, -0.15) is 5.10 Å². The lowest BCUT2D eigenvalue weighted by molar-refractivity contribution is 0.167. The molecule has 0 aliphatic carbocycles. The lowest BCUT2D eigenvalue weighted by Gasteiger charge is -2.33. The maximum absolute atomic E-state index is 12.5. The number of likely N-dealkylation sites (tertiary alicyclic amines) is 1. The summed E-state index contributed by atoms with van der Waals surface area (Å²) in [7, 11) is 0. The highest BCUT2D eigenvalue weighted by molar-refractivity contribution is 5.99. The average molecular weight is 448 g/mol. The molecule has 172 valence electrons. The molecule has 2 aliphatic heterocycles. The summed E-state index contributed by atoms with van der Waals surface area (Å²) in [6.45, 7) is 6.00. The SMILES string of the molecule is Cc1ccccc1NC(=O)Nc1ccnn1C1CCN(Cc2ccc3c(c2)OCCO3)CC1. The number of urea groups is 1. The van der Waals surface area contributed by atoms with Crippen molar-refractivity contribution in [1.82, 2.24) is 14.7 Å². The van der Waals surface area contributed by atoms with Crippen LogP contribution in [0.25, 0.3) is 0 Å². The minimum atomic E-state index is -0.262. The topological polar surface area (TPSA) is 80.7 Å². The van der Waals surface area contributed by atoms with Crippen molar-refractivity contribution < 1.29 is 14.3 Å². The van der Waals surface area contributed by atoms with E-state index in [1.807, 2.05) is 48.0 Å². The normalized spacial score (nSPS) is 16.4. The van der Waals surface area contributed by atoms with Crippen LogP contribution in [0.4, 0.5) is 16.3 Å². The van der Waals surface area contributed by atoms with Crippen LogP contribution in [-0.4, -0.2) is 47.0 Å². The lowest BCUT2D eigenvalue weighted by atomic mass is 10.0. The van der Waals surface area contributed by atoms with E-state index >= 15 is 0 Å². The Morgan fingerprint density at radius 1 is 1.03 bits per heavy atom. The standard InChI is InChI=1S/C25H29N5O3/c1-18-4-2-3-5-21(18)27-25(31)28-24-8-11-26-30(24)20-9-12-29(13-10-20)17-19-6-7-22-23(16-19)33-15-14-32-22/h2-8,11,16,20H,9-10,12-15,17H2,1H3,(H2,27,28,31). The van der Waals surface area contributed by atoms with Crippen LogP contribution < -0.4 is 20.1 Å². The summed E-state index contributed by atoms with van der Waals surface area (Å²) in [5, 5.41) is 10.4. The summed E-state index contributed by atoms with van der Waals surface area (Å²) < 4.78 is 13.3. The molecule has 2 aliphatic rings. The number of hydrogen-bond donors (Lipinski definition) is 2. The first kappa shape index (κ1) is 21.3. The van der Waals surface area contributed by atoms with Gasteiger partial charge < -0.3 is 14.8 Å². The summed E-state index contributed by atoms with van der Waals surface area (Å²) in [4.78, 5) is 15.0. The highest BCUT2D eigenvalue weighted by atomic mass is 16.6. The molecule has 1 aromatic heterocycles.